The molecule has 0 aromatic heterocycles. The fourth-order valence-electron chi connectivity index (χ4n) is 3.61. The van der Waals surface area contributed by atoms with Crippen LogP contribution in [-0.4, -0.2) is 31.9 Å². The van der Waals surface area contributed by atoms with E-state index < -0.39 is 11.9 Å². The first-order chi connectivity index (χ1) is 13.0. The van der Waals surface area contributed by atoms with Gasteiger partial charge in [0.05, 0.1) is 31.2 Å². The van der Waals surface area contributed by atoms with Crippen LogP contribution >= 0.6 is 0 Å². The van der Waals surface area contributed by atoms with Crippen molar-refractivity contribution < 1.29 is 28.6 Å². The molecule has 1 aliphatic carbocycles. The standard InChI is InChI=1S/C20H17NO6/c1-25-19(23)15-12-9-10(22)7-8-11(12)17-18(16(15)20(24)26-2)27-14-6-4-3-5-13(14)21-17/h3-6,21H,7-9H2,1-2H3. The molecule has 27 heavy (non-hydrogen) atoms. The minimum absolute atomic E-state index is 0.000506. The summed E-state index contributed by atoms with van der Waals surface area (Å²) in [5.41, 5.74) is 2.61. The zero-order chi connectivity index (χ0) is 19.1. The van der Waals surface area contributed by atoms with Gasteiger partial charge in [-0.1, -0.05) is 12.1 Å². The number of hydrogen-bond donors (Lipinski definition) is 1. The van der Waals surface area contributed by atoms with E-state index in [1.807, 2.05) is 18.2 Å². The van der Waals surface area contributed by atoms with E-state index in [9.17, 15) is 14.4 Å². The van der Waals surface area contributed by atoms with Gasteiger partial charge >= 0.3 is 11.9 Å². The Balaban J connectivity index is 2.05. The molecule has 0 spiro atoms. The van der Waals surface area contributed by atoms with Gasteiger partial charge in [-0.25, -0.2) is 9.59 Å². The lowest BCUT2D eigenvalue weighted by molar-refractivity contribution is -0.118. The summed E-state index contributed by atoms with van der Waals surface area (Å²) in [4.78, 5) is 37.2. The van der Waals surface area contributed by atoms with Gasteiger partial charge < -0.3 is 19.5 Å². The first kappa shape index (κ1) is 17.1. The second kappa shape index (κ2) is 6.42. The van der Waals surface area contributed by atoms with E-state index in [4.69, 9.17) is 14.2 Å². The molecule has 2 aromatic carbocycles. The zero-order valence-corrected chi connectivity index (χ0v) is 14.9. The van der Waals surface area contributed by atoms with Gasteiger partial charge in [0.25, 0.3) is 0 Å². The van der Waals surface area contributed by atoms with Crippen LogP contribution in [0.5, 0.6) is 11.5 Å². The number of benzene rings is 2. The van der Waals surface area contributed by atoms with Crippen LogP contribution in [0, 0.1) is 0 Å². The number of esters is 2. The quantitative estimate of drug-likeness (QED) is 0.696. The highest BCUT2D eigenvalue weighted by atomic mass is 16.5. The fourth-order valence-corrected chi connectivity index (χ4v) is 3.61. The summed E-state index contributed by atoms with van der Waals surface area (Å²) in [6, 6.07) is 7.28. The molecule has 138 valence electrons. The Hall–Kier alpha value is -3.35. The molecule has 0 amide bonds. The van der Waals surface area contributed by atoms with Gasteiger partial charge in [0.15, 0.2) is 11.5 Å². The Morgan fingerprint density at radius 2 is 1.70 bits per heavy atom. The molecular formula is C20H17NO6. The van der Waals surface area contributed by atoms with Crippen molar-refractivity contribution in [3.8, 4) is 11.5 Å². The number of fused-ring (bicyclic) bond motifs is 4. The summed E-state index contributed by atoms with van der Waals surface area (Å²) in [5.74, 6) is -0.687. The molecule has 0 saturated carbocycles. The van der Waals surface area contributed by atoms with Gasteiger partial charge in [-0.15, -0.1) is 0 Å². The monoisotopic (exact) mass is 367 g/mol. The Labute approximate surface area is 155 Å². The van der Waals surface area contributed by atoms with Crippen molar-refractivity contribution in [3.05, 3.63) is 46.5 Å². The van der Waals surface area contributed by atoms with Crippen molar-refractivity contribution in [3.63, 3.8) is 0 Å². The molecule has 0 fully saturated rings. The minimum Gasteiger partial charge on any atom is -0.465 e. The van der Waals surface area contributed by atoms with E-state index >= 15 is 0 Å². The minimum atomic E-state index is -0.728. The number of ketones is 1. The lowest BCUT2D eigenvalue weighted by Gasteiger charge is -2.30. The van der Waals surface area contributed by atoms with E-state index in [0.29, 0.717) is 29.8 Å². The second-order valence-electron chi connectivity index (χ2n) is 6.33. The van der Waals surface area contributed by atoms with Crippen LogP contribution in [0.2, 0.25) is 0 Å². The van der Waals surface area contributed by atoms with Crippen LogP contribution in [0.3, 0.4) is 0 Å². The summed E-state index contributed by atoms with van der Waals surface area (Å²) >= 11 is 0. The topological polar surface area (TPSA) is 90.9 Å². The van der Waals surface area contributed by atoms with Crippen molar-refractivity contribution in [1.82, 2.24) is 0 Å². The number of para-hydroxylation sites is 2. The molecular weight excluding hydrogens is 350 g/mol. The third-order valence-corrected chi connectivity index (χ3v) is 4.84. The third kappa shape index (κ3) is 2.63. The van der Waals surface area contributed by atoms with Crippen LogP contribution in [0.4, 0.5) is 11.4 Å². The normalized spacial score (nSPS) is 14.1. The number of nitrogens with one attached hydrogen (secondary N) is 1. The van der Waals surface area contributed by atoms with Gasteiger partial charge in [-0.05, 0) is 29.7 Å². The SMILES string of the molecule is COC(=O)c1c2c(c3c(c1C(=O)OC)Oc1ccccc1N3)CCC(=O)C2. The number of hydrogen-bond acceptors (Lipinski definition) is 7. The Morgan fingerprint density at radius 3 is 2.44 bits per heavy atom. The van der Waals surface area contributed by atoms with Gasteiger partial charge in [-0.3, -0.25) is 4.79 Å². The maximum absolute atomic E-state index is 12.6. The number of rotatable bonds is 2. The highest BCUT2D eigenvalue weighted by Gasteiger charge is 2.37. The van der Waals surface area contributed by atoms with E-state index in [1.54, 1.807) is 6.07 Å². The molecule has 0 saturated heterocycles. The lowest BCUT2D eigenvalue weighted by atomic mass is 9.83. The van der Waals surface area contributed by atoms with Crippen molar-refractivity contribution in [1.29, 1.82) is 0 Å². The molecule has 0 radical (unpaired) electrons. The summed E-state index contributed by atoms with van der Waals surface area (Å²) in [5, 5.41) is 3.29. The Morgan fingerprint density at radius 1 is 1.00 bits per heavy atom. The first-order valence-electron chi connectivity index (χ1n) is 8.49. The number of carbonyl (C=O) groups is 3. The molecule has 7 heteroatoms. The number of Topliss-reactive ketones (excluding diaryl/α,β-unsaturated/α-hetero) is 1. The summed E-state index contributed by atoms with van der Waals surface area (Å²) in [6.07, 6.45) is 0.863. The third-order valence-electron chi connectivity index (χ3n) is 4.84. The summed E-state index contributed by atoms with van der Waals surface area (Å²) in [7, 11) is 2.46. The molecule has 0 unspecified atom stereocenters. The number of carbonyl (C=O) groups excluding carboxylic acids is 3. The zero-order valence-electron chi connectivity index (χ0n) is 14.9. The van der Waals surface area contributed by atoms with Crippen LogP contribution in [0.25, 0.3) is 0 Å². The molecule has 2 aromatic rings. The number of anilines is 2. The van der Waals surface area contributed by atoms with Crippen LogP contribution in [0.1, 0.15) is 38.3 Å². The van der Waals surface area contributed by atoms with E-state index in [2.05, 4.69) is 5.32 Å². The molecule has 0 bridgehead atoms. The lowest BCUT2D eigenvalue weighted by Crippen LogP contribution is -2.25. The van der Waals surface area contributed by atoms with Crippen molar-refractivity contribution in [2.75, 3.05) is 19.5 Å². The van der Waals surface area contributed by atoms with Gasteiger partial charge in [0.1, 0.15) is 11.3 Å². The summed E-state index contributed by atoms with van der Waals surface area (Å²) in [6.45, 7) is 0. The van der Waals surface area contributed by atoms with E-state index in [0.717, 1.165) is 11.3 Å². The van der Waals surface area contributed by atoms with Gasteiger partial charge in [0, 0.05) is 12.8 Å². The molecule has 0 atom stereocenters. The largest absolute Gasteiger partial charge is 0.465 e. The van der Waals surface area contributed by atoms with Crippen molar-refractivity contribution in [2.24, 2.45) is 0 Å². The van der Waals surface area contributed by atoms with Crippen LogP contribution in [0.15, 0.2) is 24.3 Å². The van der Waals surface area contributed by atoms with Gasteiger partial charge in [0.2, 0.25) is 0 Å². The highest BCUT2D eigenvalue weighted by molar-refractivity contribution is 6.10. The molecule has 2 aliphatic rings. The molecule has 4 rings (SSSR count). The maximum atomic E-state index is 12.6. The smallest absolute Gasteiger partial charge is 0.342 e. The van der Waals surface area contributed by atoms with Crippen molar-refractivity contribution >= 4 is 29.1 Å². The predicted octanol–water partition coefficient (Wildman–Crippen LogP) is 3.17. The number of ether oxygens (including phenoxy) is 3. The average Bonchev–Trinajstić information content (AvgIpc) is 2.70. The van der Waals surface area contributed by atoms with Gasteiger partial charge in [-0.2, -0.15) is 0 Å². The fraction of sp³-hybridized carbons (Fsp3) is 0.250. The maximum Gasteiger partial charge on any atom is 0.342 e. The highest BCUT2D eigenvalue weighted by Crippen LogP contribution is 2.49. The first-order valence-corrected chi connectivity index (χ1v) is 8.49. The Bertz CT molecular complexity index is 994. The van der Waals surface area contributed by atoms with E-state index in [-0.39, 0.29) is 29.1 Å². The van der Waals surface area contributed by atoms with Crippen LogP contribution in [-0.2, 0) is 27.1 Å². The molecule has 1 heterocycles. The summed E-state index contributed by atoms with van der Waals surface area (Å²) < 4.78 is 15.8. The second-order valence-corrected chi connectivity index (χ2v) is 6.33. The van der Waals surface area contributed by atoms with Crippen LogP contribution < -0.4 is 10.1 Å². The molecule has 1 N–H and O–H groups in total. The number of methoxy groups -OCH3 is 2. The Kier molecular flexibility index (Phi) is 4.07. The molecule has 7 nitrogen and oxygen atoms in total. The van der Waals surface area contributed by atoms with Crippen molar-refractivity contribution in [2.45, 2.75) is 19.3 Å². The average molecular weight is 367 g/mol. The molecule has 1 aliphatic heterocycles. The van der Waals surface area contributed by atoms with E-state index in [1.165, 1.54) is 14.2 Å². The predicted molar refractivity (Wildman–Crippen MR) is 96.0 cm³/mol.